The summed E-state index contributed by atoms with van der Waals surface area (Å²) in [5.74, 6) is 3.71. The summed E-state index contributed by atoms with van der Waals surface area (Å²) in [5, 5.41) is 0. The summed E-state index contributed by atoms with van der Waals surface area (Å²) in [4.78, 5) is 14.6. The van der Waals surface area contributed by atoms with E-state index in [1.807, 2.05) is 85.7 Å². The Balaban J connectivity index is 0.000000499. The average Bonchev–Trinajstić information content (AvgIpc) is 3.37. The number of ketones is 1. The molecule has 10 nitrogen and oxygen atoms in total. The molecule has 3 aromatic carbocycles. The Morgan fingerprint density at radius 3 is 1.16 bits per heavy atom. The molecule has 2 aliphatic carbocycles. The summed E-state index contributed by atoms with van der Waals surface area (Å²) in [6, 6.07) is 18.4. The highest BCUT2D eigenvalue weighted by Crippen LogP contribution is 2.64. The van der Waals surface area contributed by atoms with Crippen LogP contribution in [0.4, 0.5) is 0 Å². The number of ether oxygens (including phenoxy) is 6. The van der Waals surface area contributed by atoms with E-state index in [0.29, 0.717) is 47.3 Å². The largest absolute Gasteiger partial charge is 0.748 e. The molecular weight excluding hydrogens is 849 g/mol. The molecule has 358 valence electrons. The molecule has 3 aromatic rings. The zero-order valence-corrected chi connectivity index (χ0v) is 44.1. The average molecular weight is 927 g/mol. The van der Waals surface area contributed by atoms with Crippen molar-refractivity contribution in [2.75, 3.05) is 5.75 Å². The number of carbonyl (C=O) groups excluding carboxylic acids is 1. The number of carbonyl (C=O) groups is 1. The van der Waals surface area contributed by atoms with E-state index in [0.717, 1.165) is 21.1 Å². The van der Waals surface area contributed by atoms with Crippen molar-refractivity contribution < 1.29 is 46.2 Å². The number of Topliss-reactive ketones (excluding diaryl/α,β-unsaturated/α-hetero) is 1. The third kappa shape index (κ3) is 14.4. The predicted molar refractivity (Wildman–Crippen MR) is 257 cm³/mol. The van der Waals surface area contributed by atoms with E-state index in [2.05, 4.69) is 107 Å². The lowest BCUT2D eigenvalue weighted by molar-refractivity contribution is -0.128. The van der Waals surface area contributed by atoms with Gasteiger partial charge in [-0.05, 0) is 161 Å². The molecule has 2 aliphatic rings. The molecule has 2 unspecified atom stereocenters. The summed E-state index contributed by atoms with van der Waals surface area (Å²) >= 11 is 0. The minimum atomic E-state index is -4.33. The molecular formula is C52H78O10S2. The van der Waals surface area contributed by atoms with Gasteiger partial charge < -0.3 is 33.0 Å². The van der Waals surface area contributed by atoms with Gasteiger partial charge in [-0.3, -0.25) is 4.79 Å². The number of hydrogen-bond acceptors (Lipinski definition) is 10. The molecule has 0 spiro atoms. The van der Waals surface area contributed by atoms with E-state index in [-0.39, 0.29) is 17.1 Å². The van der Waals surface area contributed by atoms with E-state index < -0.39 is 65.8 Å². The maximum atomic E-state index is 11.8. The first-order chi connectivity index (χ1) is 28.7. The molecule has 2 atom stereocenters. The van der Waals surface area contributed by atoms with Gasteiger partial charge in [-0.25, -0.2) is 8.42 Å². The van der Waals surface area contributed by atoms with Crippen molar-refractivity contribution in [1.82, 2.24) is 0 Å². The van der Waals surface area contributed by atoms with Crippen LogP contribution in [0.3, 0.4) is 0 Å². The smallest absolute Gasteiger partial charge is 0.250 e. The second kappa shape index (κ2) is 18.2. The molecule has 2 bridgehead atoms. The Labute approximate surface area is 389 Å². The van der Waals surface area contributed by atoms with E-state index in [4.69, 9.17) is 28.4 Å². The lowest BCUT2D eigenvalue weighted by Gasteiger charge is -2.37. The molecule has 5 rings (SSSR count). The molecule has 0 heterocycles. The van der Waals surface area contributed by atoms with Crippen LogP contribution in [0.5, 0.6) is 34.5 Å². The van der Waals surface area contributed by atoms with E-state index in [1.165, 1.54) is 0 Å². The Kier molecular flexibility index (Phi) is 15.1. The highest BCUT2D eigenvalue weighted by atomic mass is 32.2. The van der Waals surface area contributed by atoms with Crippen LogP contribution in [0.15, 0.2) is 69.3 Å². The van der Waals surface area contributed by atoms with Gasteiger partial charge in [0.1, 0.15) is 61.8 Å². The molecule has 0 amide bonds. The third-order valence-electron chi connectivity index (χ3n) is 10.5. The van der Waals surface area contributed by atoms with Gasteiger partial charge in [0, 0.05) is 36.1 Å². The van der Waals surface area contributed by atoms with Crippen LogP contribution < -0.4 is 28.4 Å². The molecule has 0 aromatic heterocycles. The van der Waals surface area contributed by atoms with Crippen LogP contribution in [-0.2, 0) is 25.8 Å². The van der Waals surface area contributed by atoms with Crippen molar-refractivity contribution in [3.63, 3.8) is 0 Å². The van der Waals surface area contributed by atoms with Crippen molar-refractivity contribution in [2.45, 2.75) is 206 Å². The Hall–Kier alpha value is -3.61. The summed E-state index contributed by atoms with van der Waals surface area (Å²) < 4.78 is 73.2. The van der Waals surface area contributed by atoms with Gasteiger partial charge in [-0.2, -0.15) is 0 Å². The number of hydrogen-bond donors (Lipinski definition) is 0. The van der Waals surface area contributed by atoms with Gasteiger partial charge in [0.15, 0.2) is 27.9 Å². The van der Waals surface area contributed by atoms with E-state index >= 15 is 0 Å². The summed E-state index contributed by atoms with van der Waals surface area (Å²) in [6.45, 7) is 40.7. The van der Waals surface area contributed by atoms with E-state index in [1.54, 1.807) is 0 Å². The molecule has 2 saturated carbocycles. The first-order valence-corrected chi connectivity index (χ1v) is 25.2. The molecule has 64 heavy (non-hydrogen) atoms. The van der Waals surface area contributed by atoms with Crippen molar-refractivity contribution in [3.8, 4) is 34.5 Å². The molecule has 0 saturated heterocycles. The Morgan fingerprint density at radius 2 is 0.906 bits per heavy atom. The van der Waals surface area contributed by atoms with Crippen LogP contribution in [0.2, 0.25) is 0 Å². The molecule has 0 radical (unpaired) electrons. The minimum absolute atomic E-state index is 0.0248. The maximum absolute atomic E-state index is 11.8. The fourth-order valence-corrected chi connectivity index (χ4v) is 11.9. The fourth-order valence-electron chi connectivity index (χ4n) is 8.26. The number of benzene rings is 3. The lowest BCUT2D eigenvalue weighted by Crippen LogP contribution is -2.42. The molecule has 12 heteroatoms. The second-order valence-corrected chi connectivity index (χ2v) is 27.1. The van der Waals surface area contributed by atoms with Crippen LogP contribution >= 0.6 is 0 Å². The zero-order chi connectivity index (χ0) is 48.9. The number of fused-ring (bicyclic) bond motifs is 2. The van der Waals surface area contributed by atoms with E-state index in [9.17, 15) is 17.8 Å². The van der Waals surface area contributed by atoms with Crippen LogP contribution in [0.25, 0.3) is 0 Å². The quantitative estimate of drug-likeness (QED) is 0.135. The van der Waals surface area contributed by atoms with Gasteiger partial charge in [0.25, 0.3) is 9.79 Å². The highest BCUT2D eigenvalue weighted by molar-refractivity contribution is 7.97. The summed E-state index contributed by atoms with van der Waals surface area (Å²) in [6.07, 6.45) is 1.88. The standard InChI is InChI=1S/C42H63O6S.C10H16O4S/c1-37(2,3)43-28-24-31(45-39(7,8)9)35(32(25-28)46-40(10,11)12)49(30-22-20-19-21-23-30)36-33(47-41(13,14)15)26-29(44-38(4,5)6)27-34(36)48-42(16,17)18;1-9(2)7-3-4-10(9,8(11)5-7)6-15(12,13)14/h19-27H,1-18H3;7H,3-6H2,1-2H3,(H,12,13,14)/q+1;/p-1. The second-order valence-electron chi connectivity index (χ2n) is 23.8. The molecule has 0 N–H and O–H groups in total. The summed E-state index contributed by atoms with van der Waals surface area (Å²) in [5.41, 5.74) is -4.21. The van der Waals surface area contributed by atoms with Crippen LogP contribution in [0, 0.1) is 16.7 Å². The van der Waals surface area contributed by atoms with Gasteiger partial charge in [-0.15, -0.1) is 0 Å². The minimum Gasteiger partial charge on any atom is -0.748 e. The normalized spacial score (nSPS) is 19.2. The van der Waals surface area contributed by atoms with Gasteiger partial charge in [-0.1, -0.05) is 32.0 Å². The third-order valence-corrected chi connectivity index (χ3v) is 13.7. The van der Waals surface area contributed by atoms with Crippen molar-refractivity contribution in [1.29, 1.82) is 0 Å². The van der Waals surface area contributed by atoms with Gasteiger partial charge >= 0.3 is 0 Å². The Bertz CT molecular complexity index is 2050. The lowest BCUT2D eigenvalue weighted by atomic mass is 9.70. The first kappa shape index (κ1) is 53.0. The van der Waals surface area contributed by atoms with Crippen LogP contribution in [-0.4, -0.2) is 58.1 Å². The van der Waals surface area contributed by atoms with Crippen LogP contribution in [0.1, 0.15) is 158 Å². The SMILES string of the molecule is CC(C)(C)Oc1cc(OC(C)(C)C)c([S+](c2ccccc2)c2c(OC(C)(C)C)cc(OC(C)(C)C)cc2OC(C)(C)C)c(OC(C)(C)C)c1.CC1(C)C2CCC1(CS(=O)(=O)[O-])C(=O)C2. The van der Waals surface area contributed by atoms with Gasteiger partial charge in [0.2, 0.25) is 0 Å². The zero-order valence-electron chi connectivity index (χ0n) is 42.5. The molecule has 0 aliphatic heterocycles. The first-order valence-electron chi connectivity index (χ1n) is 22.4. The monoisotopic (exact) mass is 927 g/mol. The fraction of sp³-hybridized carbons (Fsp3) is 0.635. The van der Waals surface area contributed by atoms with Gasteiger partial charge in [0.05, 0.1) is 15.9 Å². The van der Waals surface area contributed by atoms with Crippen molar-refractivity contribution in [3.05, 3.63) is 54.6 Å². The maximum Gasteiger partial charge on any atom is 0.250 e. The summed E-state index contributed by atoms with van der Waals surface area (Å²) in [7, 11) is -5.20. The predicted octanol–water partition coefficient (Wildman–Crippen LogP) is 12.8. The van der Waals surface area contributed by atoms with Crippen molar-refractivity contribution >= 4 is 26.8 Å². The molecule has 2 fully saturated rings. The number of rotatable bonds is 11. The topological polar surface area (TPSA) is 130 Å². The Morgan fingerprint density at radius 1 is 0.578 bits per heavy atom. The highest BCUT2D eigenvalue weighted by Gasteiger charge is 2.64. The van der Waals surface area contributed by atoms with Crippen molar-refractivity contribution in [2.24, 2.45) is 16.7 Å².